The summed E-state index contributed by atoms with van der Waals surface area (Å²) < 4.78 is 0. The van der Waals surface area contributed by atoms with Crippen molar-refractivity contribution in [2.24, 2.45) is 0 Å². The number of hydrogen-bond acceptors (Lipinski definition) is 3. The highest BCUT2D eigenvalue weighted by molar-refractivity contribution is 5.90. The number of hydrogen-bond donors (Lipinski definition) is 1. The molecule has 3 rings (SSSR count). The number of anilines is 2. The van der Waals surface area contributed by atoms with Gasteiger partial charge < -0.3 is 15.1 Å². The van der Waals surface area contributed by atoms with Crippen LogP contribution in [0.3, 0.4) is 0 Å². The molecule has 1 aliphatic rings. The Morgan fingerprint density at radius 1 is 1.00 bits per heavy atom. The lowest BCUT2D eigenvalue weighted by Gasteiger charge is -2.31. The molecule has 1 N–H and O–H groups in total. The number of rotatable bonds is 7. The van der Waals surface area contributed by atoms with Gasteiger partial charge in [-0.05, 0) is 50.1 Å². The van der Waals surface area contributed by atoms with Crippen molar-refractivity contribution < 1.29 is 4.79 Å². The van der Waals surface area contributed by atoms with Gasteiger partial charge in [-0.3, -0.25) is 4.79 Å². The number of benzene rings is 2. The van der Waals surface area contributed by atoms with Crippen molar-refractivity contribution in [3.8, 4) is 0 Å². The second-order valence-electron chi connectivity index (χ2n) is 7.08. The number of piperidine rings is 1. The van der Waals surface area contributed by atoms with E-state index in [1.165, 1.54) is 30.5 Å². The van der Waals surface area contributed by atoms with Crippen LogP contribution in [0.25, 0.3) is 0 Å². The Bertz CT molecular complexity index is 696. The summed E-state index contributed by atoms with van der Waals surface area (Å²) in [5.41, 5.74) is 3.56. The Labute approximate surface area is 156 Å². The van der Waals surface area contributed by atoms with E-state index in [0.717, 1.165) is 31.9 Å². The van der Waals surface area contributed by atoms with Crippen molar-refractivity contribution in [3.05, 3.63) is 60.2 Å². The molecular weight excluding hydrogens is 322 g/mol. The zero-order valence-electron chi connectivity index (χ0n) is 15.7. The molecule has 0 unspecified atom stereocenters. The lowest BCUT2D eigenvalue weighted by molar-refractivity contribution is -0.116. The predicted molar refractivity (Wildman–Crippen MR) is 109 cm³/mol. The lowest BCUT2D eigenvalue weighted by atomic mass is 10.1. The molecule has 1 amide bonds. The molecule has 2 aromatic carbocycles. The van der Waals surface area contributed by atoms with E-state index in [1.807, 2.05) is 30.3 Å². The van der Waals surface area contributed by atoms with Crippen LogP contribution in [-0.2, 0) is 11.3 Å². The van der Waals surface area contributed by atoms with Crippen LogP contribution in [0.2, 0.25) is 0 Å². The number of amides is 1. The van der Waals surface area contributed by atoms with Crippen molar-refractivity contribution in [1.82, 2.24) is 4.90 Å². The van der Waals surface area contributed by atoms with E-state index in [2.05, 4.69) is 46.4 Å². The van der Waals surface area contributed by atoms with E-state index in [-0.39, 0.29) is 5.91 Å². The molecule has 0 radical (unpaired) electrons. The van der Waals surface area contributed by atoms with E-state index in [1.54, 1.807) is 0 Å². The van der Waals surface area contributed by atoms with Gasteiger partial charge >= 0.3 is 0 Å². The SMILES string of the molecule is CN(CCC(=O)Nc1ccccc1)Cc1ccccc1N1CCCCC1. The van der Waals surface area contributed by atoms with Crippen molar-refractivity contribution in [2.45, 2.75) is 32.2 Å². The number of para-hydroxylation sites is 2. The van der Waals surface area contributed by atoms with Gasteiger partial charge in [0, 0.05) is 44.0 Å². The molecule has 2 aromatic rings. The summed E-state index contributed by atoms with van der Waals surface area (Å²) >= 11 is 0. The van der Waals surface area contributed by atoms with Gasteiger partial charge in [-0.25, -0.2) is 0 Å². The maximum Gasteiger partial charge on any atom is 0.225 e. The fraction of sp³-hybridized carbons (Fsp3) is 0.409. The van der Waals surface area contributed by atoms with Crippen molar-refractivity contribution >= 4 is 17.3 Å². The Morgan fingerprint density at radius 2 is 1.69 bits per heavy atom. The first kappa shape index (κ1) is 18.5. The summed E-state index contributed by atoms with van der Waals surface area (Å²) in [5, 5.41) is 2.95. The molecule has 0 aromatic heterocycles. The monoisotopic (exact) mass is 351 g/mol. The molecule has 26 heavy (non-hydrogen) atoms. The number of carbonyl (C=O) groups is 1. The second-order valence-corrected chi connectivity index (χ2v) is 7.08. The minimum atomic E-state index is 0.0624. The van der Waals surface area contributed by atoms with Gasteiger partial charge in [0.1, 0.15) is 0 Å². The average molecular weight is 351 g/mol. The third-order valence-electron chi connectivity index (χ3n) is 4.91. The zero-order chi connectivity index (χ0) is 18.2. The third kappa shape index (κ3) is 5.33. The molecule has 4 heteroatoms. The summed E-state index contributed by atoms with van der Waals surface area (Å²) in [5.74, 6) is 0.0624. The zero-order valence-corrected chi connectivity index (χ0v) is 15.7. The molecular formula is C22H29N3O. The Morgan fingerprint density at radius 3 is 2.46 bits per heavy atom. The van der Waals surface area contributed by atoms with E-state index < -0.39 is 0 Å². The first-order chi connectivity index (χ1) is 12.7. The van der Waals surface area contributed by atoms with Crippen LogP contribution in [-0.4, -0.2) is 37.5 Å². The molecule has 0 aliphatic carbocycles. The minimum Gasteiger partial charge on any atom is -0.371 e. The first-order valence-electron chi connectivity index (χ1n) is 9.58. The average Bonchev–Trinajstić information content (AvgIpc) is 2.68. The van der Waals surface area contributed by atoms with Gasteiger partial charge in [-0.1, -0.05) is 36.4 Å². The summed E-state index contributed by atoms with van der Waals surface area (Å²) in [6.45, 7) is 3.92. The molecule has 1 aliphatic heterocycles. The molecule has 0 spiro atoms. The van der Waals surface area contributed by atoms with Gasteiger partial charge in [0.2, 0.25) is 5.91 Å². The predicted octanol–water partition coefficient (Wildman–Crippen LogP) is 4.14. The third-order valence-corrected chi connectivity index (χ3v) is 4.91. The molecule has 1 saturated heterocycles. The normalized spacial score (nSPS) is 14.5. The van der Waals surface area contributed by atoms with Gasteiger partial charge in [0.15, 0.2) is 0 Å². The lowest BCUT2D eigenvalue weighted by Crippen LogP contribution is -2.31. The Balaban J connectivity index is 1.51. The van der Waals surface area contributed by atoms with Gasteiger partial charge in [-0.2, -0.15) is 0 Å². The topological polar surface area (TPSA) is 35.6 Å². The second kappa shape index (κ2) is 9.39. The fourth-order valence-electron chi connectivity index (χ4n) is 3.50. The highest BCUT2D eigenvalue weighted by atomic mass is 16.1. The van der Waals surface area contributed by atoms with Crippen molar-refractivity contribution in [1.29, 1.82) is 0 Å². The van der Waals surface area contributed by atoms with Gasteiger partial charge in [0.25, 0.3) is 0 Å². The van der Waals surface area contributed by atoms with Gasteiger partial charge in [-0.15, -0.1) is 0 Å². The molecule has 4 nitrogen and oxygen atoms in total. The fourth-order valence-corrected chi connectivity index (χ4v) is 3.50. The first-order valence-corrected chi connectivity index (χ1v) is 9.58. The van der Waals surface area contributed by atoms with Crippen LogP contribution in [0.5, 0.6) is 0 Å². The van der Waals surface area contributed by atoms with Crippen LogP contribution in [0.4, 0.5) is 11.4 Å². The van der Waals surface area contributed by atoms with Crippen molar-refractivity contribution in [3.63, 3.8) is 0 Å². The van der Waals surface area contributed by atoms with Gasteiger partial charge in [0.05, 0.1) is 0 Å². The van der Waals surface area contributed by atoms with Crippen LogP contribution >= 0.6 is 0 Å². The van der Waals surface area contributed by atoms with Crippen LogP contribution in [0, 0.1) is 0 Å². The molecule has 1 fully saturated rings. The number of carbonyl (C=O) groups excluding carboxylic acids is 1. The smallest absolute Gasteiger partial charge is 0.225 e. The Kier molecular flexibility index (Phi) is 6.67. The molecule has 138 valence electrons. The standard InChI is InChI=1S/C22H29N3O/c1-24(17-14-22(26)23-20-11-4-2-5-12-20)18-19-10-6-7-13-21(19)25-15-8-3-9-16-25/h2,4-7,10-13H,3,8-9,14-18H2,1H3,(H,23,26). The summed E-state index contributed by atoms with van der Waals surface area (Å²) in [7, 11) is 2.09. The molecule has 1 heterocycles. The molecule has 0 atom stereocenters. The van der Waals surface area contributed by atoms with Crippen LogP contribution in [0.15, 0.2) is 54.6 Å². The number of nitrogens with one attached hydrogen (secondary N) is 1. The quantitative estimate of drug-likeness (QED) is 0.814. The number of nitrogens with zero attached hydrogens (tertiary/aromatic N) is 2. The summed E-state index contributed by atoms with van der Waals surface area (Å²) in [4.78, 5) is 16.9. The Hall–Kier alpha value is -2.33. The van der Waals surface area contributed by atoms with Crippen LogP contribution < -0.4 is 10.2 Å². The van der Waals surface area contributed by atoms with Crippen molar-refractivity contribution in [2.75, 3.05) is 36.9 Å². The maximum absolute atomic E-state index is 12.1. The highest BCUT2D eigenvalue weighted by Crippen LogP contribution is 2.25. The summed E-state index contributed by atoms with van der Waals surface area (Å²) in [6, 6.07) is 18.3. The maximum atomic E-state index is 12.1. The molecule has 0 saturated carbocycles. The highest BCUT2D eigenvalue weighted by Gasteiger charge is 2.15. The van der Waals surface area contributed by atoms with E-state index >= 15 is 0 Å². The molecule has 0 bridgehead atoms. The van der Waals surface area contributed by atoms with E-state index in [4.69, 9.17) is 0 Å². The van der Waals surface area contributed by atoms with Crippen LogP contribution in [0.1, 0.15) is 31.2 Å². The van der Waals surface area contributed by atoms with E-state index in [0.29, 0.717) is 6.42 Å². The van der Waals surface area contributed by atoms with E-state index in [9.17, 15) is 4.79 Å². The minimum absolute atomic E-state index is 0.0624. The summed E-state index contributed by atoms with van der Waals surface area (Å²) in [6.07, 6.45) is 4.40. The largest absolute Gasteiger partial charge is 0.371 e.